The van der Waals surface area contributed by atoms with Crippen molar-refractivity contribution in [3.8, 4) is 11.1 Å². The van der Waals surface area contributed by atoms with Crippen molar-refractivity contribution in [2.45, 2.75) is 58.1 Å². The van der Waals surface area contributed by atoms with E-state index in [1.54, 1.807) is 46.9 Å². The molecule has 0 spiro atoms. The standard InChI is InChI=1S/C48H36N2O4S4/c1-47(2)31-15-5-9-19-35(31)49(36-20-10-6-16-32(36)47)43-45-44(56-46(43)50-37-21-11-7-17-33(37)48(3,4)34-18-8-12-22-38(34)50)30(28-55-45)29-25-26-41-42(27-29)58(53,54)40-24-14-13-23-39(40)57(41,51)52/h5-28H,1-4H3. The number of thiophene rings is 2. The molecule has 0 aliphatic carbocycles. The maximum atomic E-state index is 14.1. The van der Waals surface area contributed by atoms with Crippen LogP contribution in [0, 0.1) is 0 Å². The second-order valence-electron chi connectivity index (χ2n) is 16.2. The monoisotopic (exact) mass is 832 g/mol. The Kier molecular flexibility index (Phi) is 7.38. The molecule has 0 radical (unpaired) electrons. The summed E-state index contributed by atoms with van der Waals surface area (Å²) >= 11 is 3.31. The molecule has 3 aliphatic heterocycles. The molecule has 0 fully saturated rings. The third-order valence-electron chi connectivity index (χ3n) is 12.3. The minimum Gasteiger partial charge on any atom is -0.306 e. The minimum atomic E-state index is -4.12. The Hall–Kier alpha value is -5.52. The van der Waals surface area contributed by atoms with E-state index in [0.29, 0.717) is 5.56 Å². The van der Waals surface area contributed by atoms with Crippen LogP contribution in [0.5, 0.6) is 0 Å². The topological polar surface area (TPSA) is 74.8 Å². The van der Waals surface area contributed by atoms with E-state index < -0.39 is 19.7 Å². The van der Waals surface area contributed by atoms with Crippen LogP contribution >= 0.6 is 22.7 Å². The number of rotatable bonds is 3. The van der Waals surface area contributed by atoms with E-state index >= 15 is 0 Å². The molecule has 8 aromatic rings. The molecule has 58 heavy (non-hydrogen) atoms. The molecule has 0 saturated carbocycles. The third kappa shape index (κ3) is 4.62. The molecular weight excluding hydrogens is 797 g/mol. The zero-order valence-electron chi connectivity index (χ0n) is 32.0. The Morgan fingerprint density at radius 3 is 1.38 bits per heavy atom. The molecule has 0 unspecified atom stereocenters. The molecule has 0 amide bonds. The molecule has 0 atom stereocenters. The summed E-state index contributed by atoms with van der Waals surface area (Å²) in [5.41, 5.74) is 11.3. The number of benzene rings is 6. The van der Waals surface area contributed by atoms with Crippen molar-refractivity contribution < 1.29 is 16.8 Å². The van der Waals surface area contributed by atoms with E-state index in [0.717, 1.165) is 48.4 Å². The van der Waals surface area contributed by atoms with Crippen LogP contribution in [-0.4, -0.2) is 16.8 Å². The normalized spacial score (nSPS) is 17.4. The molecule has 6 aromatic carbocycles. The van der Waals surface area contributed by atoms with Crippen LogP contribution in [0.4, 0.5) is 33.4 Å². The molecule has 5 heterocycles. The molecule has 0 saturated heterocycles. The van der Waals surface area contributed by atoms with Crippen LogP contribution in [0.25, 0.3) is 20.5 Å². The highest BCUT2D eigenvalue weighted by Crippen LogP contribution is 2.63. The maximum absolute atomic E-state index is 14.1. The Morgan fingerprint density at radius 1 is 0.466 bits per heavy atom. The molecule has 0 N–H and O–H groups in total. The van der Waals surface area contributed by atoms with Crippen LogP contribution in [-0.2, 0) is 30.5 Å². The van der Waals surface area contributed by atoms with E-state index in [4.69, 9.17) is 0 Å². The van der Waals surface area contributed by atoms with Crippen molar-refractivity contribution in [2.75, 3.05) is 9.80 Å². The van der Waals surface area contributed by atoms with Crippen LogP contribution in [0.15, 0.2) is 164 Å². The first kappa shape index (κ1) is 35.6. The summed E-state index contributed by atoms with van der Waals surface area (Å²) in [6.45, 7) is 9.15. The summed E-state index contributed by atoms with van der Waals surface area (Å²) in [5.74, 6) is 0. The second kappa shape index (κ2) is 12.0. The van der Waals surface area contributed by atoms with Crippen molar-refractivity contribution in [1.29, 1.82) is 0 Å². The number of fused-ring (bicyclic) bond motifs is 7. The number of sulfone groups is 2. The van der Waals surface area contributed by atoms with Crippen LogP contribution < -0.4 is 9.80 Å². The lowest BCUT2D eigenvalue weighted by Gasteiger charge is -2.44. The van der Waals surface area contributed by atoms with Gasteiger partial charge in [0, 0.05) is 21.8 Å². The number of hydrogen-bond donors (Lipinski definition) is 0. The van der Waals surface area contributed by atoms with Gasteiger partial charge in [0.05, 0.1) is 57.4 Å². The SMILES string of the molecule is CC1(C)c2ccccc2N(c2sc3c(-c4ccc5c(c4)S(=O)(=O)c4ccccc4S5(=O)=O)csc3c2N2c3ccccc3C(C)(C)c3ccccc32)c2ccccc21. The Labute approximate surface area is 346 Å². The van der Waals surface area contributed by atoms with Crippen LogP contribution in [0.2, 0.25) is 0 Å². The number of anilines is 6. The van der Waals surface area contributed by atoms with Gasteiger partial charge in [0.1, 0.15) is 5.00 Å². The van der Waals surface area contributed by atoms with Crippen LogP contribution in [0.1, 0.15) is 49.9 Å². The fraction of sp³-hybridized carbons (Fsp3) is 0.125. The van der Waals surface area contributed by atoms with E-state index in [1.807, 2.05) is 0 Å². The second-order valence-corrected chi connectivity index (χ2v) is 21.8. The summed E-state index contributed by atoms with van der Waals surface area (Å²) in [6, 6.07) is 45.3. The van der Waals surface area contributed by atoms with E-state index in [1.165, 1.54) is 40.5 Å². The van der Waals surface area contributed by atoms with Gasteiger partial charge in [-0.05, 0) is 76.3 Å². The lowest BCUT2D eigenvalue weighted by Crippen LogP contribution is -2.32. The first-order valence-corrected chi connectivity index (χ1v) is 23.7. The smallest absolute Gasteiger partial charge is 0.209 e. The average molecular weight is 833 g/mol. The zero-order chi connectivity index (χ0) is 39.9. The highest BCUT2D eigenvalue weighted by molar-refractivity contribution is 7.97. The largest absolute Gasteiger partial charge is 0.306 e. The van der Waals surface area contributed by atoms with Gasteiger partial charge in [-0.2, -0.15) is 0 Å². The van der Waals surface area contributed by atoms with Gasteiger partial charge in [0.15, 0.2) is 0 Å². The Balaban J connectivity index is 1.22. The predicted octanol–water partition coefficient (Wildman–Crippen LogP) is 12.8. The van der Waals surface area contributed by atoms with Gasteiger partial charge in [0.2, 0.25) is 19.7 Å². The first-order chi connectivity index (χ1) is 27.8. The van der Waals surface area contributed by atoms with Gasteiger partial charge in [0.25, 0.3) is 0 Å². The molecule has 11 rings (SSSR count). The molecule has 10 heteroatoms. The van der Waals surface area contributed by atoms with E-state index in [2.05, 4.69) is 140 Å². The molecule has 286 valence electrons. The Bertz CT molecular complexity index is 3200. The summed E-state index contributed by atoms with van der Waals surface area (Å²) in [6.07, 6.45) is 0. The number of nitrogens with zero attached hydrogens (tertiary/aromatic N) is 2. The fourth-order valence-electron chi connectivity index (χ4n) is 9.44. The maximum Gasteiger partial charge on any atom is 0.209 e. The van der Waals surface area contributed by atoms with Gasteiger partial charge in [-0.1, -0.05) is 119 Å². The van der Waals surface area contributed by atoms with E-state index in [-0.39, 0.29) is 30.4 Å². The van der Waals surface area contributed by atoms with Crippen molar-refractivity contribution in [1.82, 2.24) is 0 Å². The zero-order valence-corrected chi connectivity index (χ0v) is 35.3. The van der Waals surface area contributed by atoms with Gasteiger partial charge in [-0.15, -0.1) is 22.7 Å². The number of hydrogen-bond acceptors (Lipinski definition) is 8. The van der Waals surface area contributed by atoms with Crippen molar-refractivity contribution in [3.05, 3.63) is 167 Å². The summed E-state index contributed by atoms with van der Waals surface area (Å²) < 4.78 is 58.0. The van der Waals surface area contributed by atoms with Gasteiger partial charge >= 0.3 is 0 Å². The third-order valence-corrected chi connectivity index (χ3v) is 18.6. The fourth-order valence-corrected chi connectivity index (χ4v) is 16.3. The van der Waals surface area contributed by atoms with Crippen molar-refractivity contribution >= 4 is 85.2 Å². The van der Waals surface area contributed by atoms with Gasteiger partial charge in [-0.3, -0.25) is 4.90 Å². The van der Waals surface area contributed by atoms with Crippen molar-refractivity contribution in [2.24, 2.45) is 0 Å². The van der Waals surface area contributed by atoms with Gasteiger partial charge < -0.3 is 4.90 Å². The highest BCUT2D eigenvalue weighted by atomic mass is 32.2. The lowest BCUT2D eigenvalue weighted by molar-refractivity contribution is 0.570. The van der Waals surface area contributed by atoms with Crippen LogP contribution in [0.3, 0.4) is 0 Å². The van der Waals surface area contributed by atoms with Crippen molar-refractivity contribution in [3.63, 3.8) is 0 Å². The Morgan fingerprint density at radius 2 is 0.879 bits per heavy atom. The predicted molar refractivity (Wildman–Crippen MR) is 236 cm³/mol. The van der Waals surface area contributed by atoms with E-state index in [9.17, 15) is 16.8 Å². The van der Waals surface area contributed by atoms with Gasteiger partial charge in [-0.25, -0.2) is 16.8 Å². The average Bonchev–Trinajstić information content (AvgIpc) is 3.80. The first-order valence-electron chi connectivity index (χ1n) is 19.1. The summed E-state index contributed by atoms with van der Waals surface area (Å²) in [7, 11) is -8.17. The number of para-hydroxylation sites is 4. The lowest BCUT2D eigenvalue weighted by atomic mass is 9.73. The summed E-state index contributed by atoms with van der Waals surface area (Å²) in [5, 5.41) is 3.12. The summed E-state index contributed by atoms with van der Waals surface area (Å²) in [4.78, 5) is 4.08. The molecular formula is C48H36N2O4S4. The quantitative estimate of drug-likeness (QED) is 0.176. The highest BCUT2D eigenvalue weighted by Gasteiger charge is 2.43. The molecule has 2 aromatic heterocycles. The molecule has 3 aliphatic rings. The minimum absolute atomic E-state index is 0.184. The molecule has 6 nitrogen and oxygen atoms in total. The molecule has 0 bridgehead atoms.